The third-order valence-electron chi connectivity index (χ3n) is 3.24. The van der Waals surface area contributed by atoms with Crippen LogP contribution in [0.3, 0.4) is 0 Å². The third-order valence-corrected chi connectivity index (χ3v) is 3.24. The number of carbonyl (C=O) groups is 2. The van der Waals surface area contributed by atoms with E-state index < -0.39 is 12.0 Å². The maximum Gasteiger partial charge on any atom is 0.303 e. The van der Waals surface area contributed by atoms with Gasteiger partial charge in [0.2, 0.25) is 5.91 Å². The Hall–Kier alpha value is -1.82. The second-order valence-electron chi connectivity index (χ2n) is 4.64. The fourth-order valence-electron chi connectivity index (χ4n) is 2.30. The molecule has 1 saturated heterocycles. The summed E-state index contributed by atoms with van der Waals surface area (Å²) in [6, 6.07) is 3.26. The van der Waals surface area contributed by atoms with Crippen LogP contribution in [0.25, 0.3) is 0 Å². The molecule has 0 radical (unpaired) electrons. The van der Waals surface area contributed by atoms with Crippen molar-refractivity contribution in [3.8, 4) is 0 Å². The number of aliphatic carboxylic acids is 1. The first-order chi connectivity index (χ1) is 9.16. The van der Waals surface area contributed by atoms with Crippen LogP contribution in [-0.4, -0.2) is 41.0 Å². The number of carboxylic acid groups (broad SMARTS) is 1. The summed E-state index contributed by atoms with van der Waals surface area (Å²) < 4.78 is 5.30. The summed E-state index contributed by atoms with van der Waals surface area (Å²) in [4.78, 5) is 24.7. The summed E-state index contributed by atoms with van der Waals surface area (Å²) in [7, 11) is 0. The lowest BCUT2D eigenvalue weighted by Crippen LogP contribution is -2.44. The molecule has 0 saturated carbocycles. The van der Waals surface area contributed by atoms with Crippen molar-refractivity contribution in [2.45, 2.75) is 31.8 Å². The van der Waals surface area contributed by atoms with E-state index in [9.17, 15) is 9.59 Å². The molecular weight excluding hydrogens is 248 g/mol. The summed E-state index contributed by atoms with van der Waals surface area (Å²) >= 11 is 0. The Bertz CT molecular complexity index is 430. The number of nitrogens with one attached hydrogen (secondary N) is 1. The van der Waals surface area contributed by atoms with Gasteiger partial charge in [-0.05, 0) is 25.0 Å². The first-order valence-electron chi connectivity index (χ1n) is 6.43. The fourth-order valence-corrected chi connectivity index (χ4v) is 2.30. The second-order valence-corrected chi connectivity index (χ2v) is 4.64. The number of amides is 1. The number of carboxylic acids is 1. The highest BCUT2D eigenvalue weighted by Gasteiger charge is 2.28. The Balaban J connectivity index is 2.05. The van der Waals surface area contributed by atoms with Gasteiger partial charge in [0.1, 0.15) is 5.76 Å². The van der Waals surface area contributed by atoms with Crippen molar-refractivity contribution < 1.29 is 19.1 Å². The molecule has 6 heteroatoms. The standard InChI is InChI=1S/C13H18N2O4/c16-12(17)5-4-11-13(18)14-6-2-7-15(11)9-10-3-1-8-19-10/h1,3,8,11H,2,4-7,9H2,(H,14,18)(H,16,17). The lowest BCUT2D eigenvalue weighted by Gasteiger charge is -2.26. The highest BCUT2D eigenvalue weighted by atomic mass is 16.4. The molecule has 104 valence electrons. The molecule has 0 aromatic carbocycles. The SMILES string of the molecule is O=C(O)CCC1C(=O)NCCCN1Cc1ccco1. The molecule has 1 aliphatic rings. The van der Waals surface area contributed by atoms with E-state index in [0.29, 0.717) is 19.5 Å². The van der Waals surface area contributed by atoms with Crippen LogP contribution in [0, 0.1) is 0 Å². The summed E-state index contributed by atoms with van der Waals surface area (Å²) in [5.74, 6) is -0.185. The lowest BCUT2D eigenvalue weighted by molar-refractivity contribution is -0.137. The van der Waals surface area contributed by atoms with Crippen LogP contribution in [0.1, 0.15) is 25.0 Å². The molecule has 1 fully saturated rings. The van der Waals surface area contributed by atoms with Gasteiger partial charge < -0.3 is 14.8 Å². The van der Waals surface area contributed by atoms with Crippen LogP contribution < -0.4 is 5.32 Å². The van der Waals surface area contributed by atoms with Crippen molar-refractivity contribution in [2.24, 2.45) is 0 Å². The molecular formula is C13H18N2O4. The normalized spacial score (nSPS) is 20.8. The van der Waals surface area contributed by atoms with Crippen molar-refractivity contribution >= 4 is 11.9 Å². The van der Waals surface area contributed by atoms with Crippen LogP contribution >= 0.6 is 0 Å². The molecule has 2 rings (SSSR count). The predicted octanol–water partition coefficient (Wildman–Crippen LogP) is 0.835. The summed E-state index contributed by atoms with van der Waals surface area (Å²) in [6.45, 7) is 1.92. The number of rotatable bonds is 5. The summed E-state index contributed by atoms with van der Waals surface area (Å²) in [5, 5.41) is 11.6. The van der Waals surface area contributed by atoms with E-state index in [2.05, 4.69) is 5.32 Å². The highest BCUT2D eigenvalue weighted by Crippen LogP contribution is 2.15. The maximum atomic E-state index is 12.0. The van der Waals surface area contributed by atoms with Gasteiger partial charge in [-0.2, -0.15) is 0 Å². The van der Waals surface area contributed by atoms with Crippen molar-refractivity contribution in [3.05, 3.63) is 24.2 Å². The molecule has 19 heavy (non-hydrogen) atoms. The van der Waals surface area contributed by atoms with E-state index in [1.165, 1.54) is 0 Å². The smallest absolute Gasteiger partial charge is 0.303 e. The molecule has 1 aromatic rings. The zero-order chi connectivity index (χ0) is 13.7. The van der Waals surface area contributed by atoms with Gasteiger partial charge in [0.15, 0.2) is 0 Å². The van der Waals surface area contributed by atoms with Crippen LogP contribution in [-0.2, 0) is 16.1 Å². The third kappa shape index (κ3) is 3.82. The average molecular weight is 266 g/mol. The number of hydrogen-bond acceptors (Lipinski definition) is 4. The molecule has 2 heterocycles. The minimum Gasteiger partial charge on any atom is -0.481 e. The summed E-state index contributed by atoms with van der Waals surface area (Å²) in [6.07, 6.45) is 2.77. The molecule has 1 unspecified atom stereocenters. The molecule has 0 spiro atoms. The first kappa shape index (κ1) is 13.6. The first-order valence-corrected chi connectivity index (χ1v) is 6.43. The highest BCUT2D eigenvalue weighted by molar-refractivity contribution is 5.82. The van der Waals surface area contributed by atoms with Crippen LogP contribution in [0.4, 0.5) is 0 Å². The Morgan fingerprint density at radius 2 is 2.42 bits per heavy atom. The van der Waals surface area contributed by atoms with E-state index in [0.717, 1.165) is 18.7 Å². The van der Waals surface area contributed by atoms with Crippen molar-refractivity contribution in [1.29, 1.82) is 0 Å². The van der Waals surface area contributed by atoms with Crippen molar-refractivity contribution in [1.82, 2.24) is 10.2 Å². The molecule has 1 aromatic heterocycles. The van der Waals surface area contributed by atoms with Crippen LogP contribution in [0.2, 0.25) is 0 Å². The number of hydrogen-bond donors (Lipinski definition) is 2. The molecule has 0 aliphatic carbocycles. The zero-order valence-electron chi connectivity index (χ0n) is 10.7. The van der Waals surface area contributed by atoms with E-state index >= 15 is 0 Å². The van der Waals surface area contributed by atoms with Gasteiger partial charge in [-0.15, -0.1) is 0 Å². The monoisotopic (exact) mass is 266 g/mol. The predicted molar refractivity (Wildman–Crippen MR) is 67.4 cm³/mol. The molecule has 6 nitrogen and oxygen atoms in total. The Morgan fingerprint density at radius 1 is 1.58 bits per heavy atom. The Labute approximate surface area is 111 Å². The molecule has 1 amide bonds. The second kappa shape index (κ2) is 6.38. The molecule has 1 atom stereocenters. The largest absolute Gasteiger partial charge is 0.481 e. The lowest BCUT2D eigenvalue weighted by atomic mass is 10.1. The minimum atomic E-state index is -0.880. The molecule has 2 N–H and O–H groups in total. The van der Waals surface area contributed by atoms with E-state index in [-0.39, 0.29) is 12.3 Å². The van der Waals surface area contributed by atoms with Gasteiger partial charge in [-0.25, -0.2) is 0 Å². The quantitative estimate of drug-likeness (QED) is 0.825. The Kier molecular flexibility index (Phi) is 4.57. The van der Waals surface area contributed by atoms with Crippen LogP contribution in [0.5, 0.6) is 0 Å². The topological polar surface area (TPSA) is 82.8 Å². The van der Waals surface area contributed by atoms with Gasteiger partial charge in [-0.3, -0.25) is 14.5 Å². The molecule has 0 bridgehead atoms. The fraction of sp³-hybridized carbons (Fsp3) is 0.538. The van der Waals surface area contributed by atoms with E-state index in [1.54, 1.807) is 12.3 Å². The minimum absolute atomic E-state index is 0.00720. The number of furan rings is 1. The van der Waals surface area contributed by atoms with Crippen LogP contribution in [0.15, 0.2) is 22.8 Å². The average Bonchev–Trinajstić information content (AvgIpc) is 2.80. The van der Waals surface area contributed by atoms with Gasteiger partial charge in [0.05, 0.1) is 18.8 Å². The van der Waals surface area contributed by atoms with E-state index in [4.69, 9.17) is 9.52 Å². The van der Waals surface area contributed by atoms with Gasteiger partial charge >= 0.3 is 5.97 Å². The van der Waals surface area contributed by atoms with Gasteiger partial charge in [-0.1, -0.05) is 0 Å². The molecule has 1 aliphatic heterocycles. The number of carbonyl (C=O) groups excluding carboxylic acids is 1. The zero-order valence-corrected chi connectivity index (χ0v) is 10.7. The van der Waals surface area contributed by atoms with Gasteiger partial charge in [0, 0.05) is 19.5 Å². The summed E-state index contributed by atoms with van der Waals surface area (Å²) in [5.41, 5.74) is 0. The number of nitrogens with zero attached hydrogens (tertiary/aromatic N) is 1. The van der Waals surface area contributed by atoms with E-state index in [1.807, 2.05) is 11.0 Å². The maximum absolute atomic E-state index is 12.0. The van der Waals surface area contributed by atoms with Crippen molar-refractivity contribution in [2.75, 3.05) is 13.1 Å². The van der Waals surface area contributed by atoms with Crippen molar-refractivity contribution in [3.63, 3.8) is 0 Å². The van der Waals surface area contributed by atoms with Gasteiger partial charge in [0.25, 0.3) is 0 Å². The Morgan fingerprint density at radius 3 is 3.11 bits per heavy atom.